The van der Waals surface area contributed by atoms with Gasteiger partial charge < -0.3 is 18.8 Å². The molecule has 8 nitrogen and oxygen atoms in total. The Labute approximate surface area is 192 Å². The largest absolute Gasteiger partial charge is 0.492 e. The number of piperazine rings is 1. The number of furan rings is 2. The predicted molar refractivity (Wildman–Crippen MR) is 121 cm³/mol. The Morgan fingerprint density at radius 3 is 2.45 bits per heavy atom. The Balaban J connectivity index is 1.31. The van der Waals surface area contributed by atoms with Gasteiger partial charge in [-0.3, -0.25) is 4.90 Å². The Morgan fingerprint density at radius 2 is 1.76 bits per heavy atom. The average Bonchev–Trinajstić information content (AvgIpc) is 3.63. The van der Waals surface area contributed by atoms with E-state index in [4.69, 9.17) is 8.83 Å². The molecule has 0 radical (unpaired) electrons. The van der Waals surface area contributed by atoms with Gasteiger partial charge in [0.25, 0.3) is 0 Å². The van der Waals surface area contributed by atoms with Crippen molar-refractivity contribution >= 4 is 22.0 Å². The first-order valence-corrected chi connectivity index (χ1v) is 11.4. The number of fused-ring (bicyclic) bond motifs is 1. The van der Waals surface area contributed by atoms with Crippen molar-refractivity contribution in [2.24, 2.45) is 0 Å². The van der Waals surface area contributed by atoms with E-state index in [1.807, 2.05) is 23.1 Å². The van der Waals surface area contributed by atoms with E-state index in [1.165, 1.54) is 21.9 Å². The van der Waals surface area contributed by atoms with Crippen molar-refractivity contribution in [3.63, 3.8) is 0 Å². The Kier molecular flexibility index (Phi) is 4.88. The van der Waals surface area contributed by atoms with E-state index < -0.39 is 0 Å². The number of thiazole rings is 1. The van der Waals surface area contributed by atoms with Gasteiger partial charge in [0.05, 0.1) is 23.1 Å². The molecule has 0 aliphatic carbocycles. The highest BCUT2D eigenvalue weighted by Crippen LogP contribution is 2.41. The van der Waals surface area contributed by atoms with Crippen molar-refractivity contribution in [1.29, 1.82) is 0 Å². The van der Waals surface area contributed by atoms with Crippen molar-refractivity contribution in [3.8, 4) is 17.5 Å². The maximum absolute atomic E-state index is 14.3. The fourth-order valence-electron chi connectivity index (χ4n) is 4.29. The number of aromatic hydroxyl groups is 1. The molecule has 33 heavy (non-hydrogen) atoms. The fraction of sp³-hybridized carbons (Fsp3) is 0.217. The number of nitrogens with zero attached hydrogens (tertiary/aromatic N) is 5. The smallest absolute Gasteiger partial charge is 0.230 e. The number of hydrogen-bond acceptors (Lipinski definition) is 8. The quantitative estimate of drug-likeness (QED) is 0.412. The van der Waals surface area contributed by atoms with E-state index in [1.54, 1.807) is 36.8 Å². The summed E-state index contributed by atoms with van der Waals surface area (Å²) in [5, 5.41) is 15.5. The summed E-state index contributed by atoms with van der Waals surface area (Å²) in [5.74, 6) is 1.49. The second kappa shape index (κ2) is 8.05. The molecule has 1 fully saturated rings. The van der Waals surface area contributed by atoms with Gasteiger partial charge in [-0.05, 0) is 36.4 Å². The zero-order chi connectivity index (χ0) is 22.4. The summed E-state index contributed by atoms with van der Waals surface area (Å²) in [6.07, 6.45) is 3.19. The highest BCUT2D eigenvalue weighted by atomic mass is 32.1. The maximum Gasteiger partial charge on any atom is 0.230 e. The summed E-state index contributed by atoms with van der Waals surface area (Å²) >= 11 is 1.36. The molecule has 1 unspecified atom stereocenters. The molecule has 5 aromatic rings. The lowest BCUT2D eigenvalue weighted by Crippen LogP contribution is -2.48. The van der Waals surface area contributed by atoms with Gasteiger partial charge in [0.2, 0.25) is 16.7 Å². The minimum atomic E-state index is -0.302. The number of hydrogen-bond donors (Lipinski definition) is 1. The van der Waals surface area contributed by atoms with E-state index in [2.05, 4.69) is 15.0 Å². The van der Waals surface area contributed by atoms with Crippen LogP contribution in [0, 0.1) is 5.82 Å². The minimum Gasteiger partial charge on any atom is -0.492 e. The molecular formula is C23H20FN5O3S. The summed E-state index contributed by atoms with van der Waals surface area (Å²) in [6, 6.07) is 13.8. The van der Waals surface area contributed by atoms with Crippen LogP contribution in [0.4, 0.5) is 10.1 Å². The van der Waals surface area contributed by atoms with Crippen LogP contribution in [0.3, 0.4) is 0 Å². The van der Waals surface area contributed by atoms with Crippen molar-refractivity contribution in [2.75, 3.05) is 31.1 Å². The molecule has 6 rings (SSSR count). The van der Waals surface area contributed by atoms with E-state index >= 15 is 0 Å². The van der Waals surface area contributed by atoms with Crippen LogP contribution in [-0.4, -0.2) is 50.8 Å². The van der Waals surface area contributed by atoms with Crippen LogP contribution >= 0.6 is 11.3 Å². The third-order valence-corrected chi connectivity index (χ3v) is 6.95. The van der Waals surface area contributed by atoms with Crippen LogP contribution in [0.15, 0.2) is 69.9 Å². The standard InChI is InChI=1S/C23H20FN5O3S/c24-15-5-1-2-6-16(15)27-9-11-28(12-10-27)19(17-7-3-13-31-17)20-22(30)29-23(33-20)25-21(26-29)18-8-4-14-32-18/h1-8,13-14,19,30H,9-12H2. The van der Waals surface area contributed by atoms with Crippen LogP contribution < -0.4 is 4.90 Å². The number of halogens is 1. The van der Waals surface area contributed by atoms with Gasteiger partial charge in [-0.15, -0.1) is 5.10 Å². The van der Waals surface area contributed by atoms with Crippen molar-refractivity contribution in [3.05, 3.63) is 77.5 Å². The molecule has 4 aromatic heterocycles. The van der Waals surface area contributed by atoms with Crippen LogP contribution in [0.2, 0.25) is 0 Å². The van der Waals surface area contributed by atoms with Crippen molar-refractivity contribution < 1.29 is 18.3 Å². The first kappa shape index (κ1) is 20.0. The minimum absolute atomic E-state index is 0.0261. The molecule has 1 N–H and O–H groups in total. The first-order valence-electron chi connectivity index (χ1n) is 10.6. The summed E-state index contributed by atoms with van der Waals surface area (Å²) in [5.41, 5.74) is 0.610. The third kappa shape index (κ3) is 3.47. The number of rotatable bonds is 5. The van der Waals surface area contributed by atoms with E-state index in [0.29, 0.717) is 53.3 Å². The van der Waals surface area contributed by atoms with E-state index in [9.17, 15) is 9.50 Å². The predicted octanol–water partition coefficient (Wildman–Crippen LogP) is 4.40. The molecule has 0 amide bonds. The summed E-state index contributed by atoms with van der Waals surface area (Å²) in [7, 11) is 0. The molecular weight excluding hydrogens is 445 g/mol. The van der Waals surface area contributed by atoms with E-state index in [0.717, 1.165) is 5.76 Å². The molecule has 1 aromatic carbocycles. The number of aromatic nitrogens is 3. The molecule has 168 valence electrons. The van der Waals surface area contributed by atoms with Crippen LogP contribution in [-0.2, 0) is 0 Å². The number of benzene rings is 1. The second-order valence-corrected chi connectivity index (χ2v) is 8.80. The molecule has 1 atom stereocenters. The molecule has 0 saturated carbocycles. The number of anilines is 1. The fourth-order valence-corrected chi connectivity index (χ4v) is 5.39. The lowest BCUT2D eigenvalue weighted by molar-refractivity contribution is 0.190. The summed E-state index contributed by atoms with van der Waals surface area (Å²) in [4.78, 5) is 10.1. The van der Waals surface area contributed by atoms with Crippen LogP contribution in [0.25, 0.3) is 16.5 Å². The molecule has 10 heteroatoms. The maximum atomic E-state index is 14.3. The molecule has 1 aliphatic rings. The second-order valence-electron chi connectivity index (χ2n) is 7.79. The van der Waals surface area contributed by atoms with Gasteiger partial charge in [0.1, 0.15) is 17.6 Å². The normalized spacial score (nSPS) is 16.0. The zero-order valence-corrected chi connectivity index (χ0v) is 18.3. The van der Waals surface area contributed by atoms with Gasteiger partial charge in [-0.2, -0.15) is 9.50 Å². The Hall–Kier alpha value is -3.63. The Morgan fingerprint density at radius 1 is 0.970 bits per heavy atom. The highest BCUT2D eigenvalue weighted by Gasteiger charge is 2.34. The number of para-hydroxylation sites is 1. The van der Waals surface area contributed by atoms with Crippen LogP contribution in [0.5, 0.6) is 5.88 Å². The zero-order valence-electron chi connectivity index (χ0n) is 17.5. The summed E-state index contributed by atoms with van der Waals surface area (Å²) in [6.45, 7) is 2.65. The Bertz CT molecular complexity index is 1370. The lowest BCUT2D eigenvalue weighted by atomic mass is 10.1. The molecule has 0 spiro atoms. The molecule has 1 aliphatic heterocycles. The monoisotopic (exact) mass is 465 g/mol. The molecule has 1 saturated heterocycles. The van der Waals surface area contributed by atoms with Gasteiger partial charge in [-0.25, -0.2) is 4.39 Å². The molecule has 5 heterocycles. The van der Waals surface area contributed by atoms with Gasteiger partial charge in [0.15, 0.2) is 5.76 Å². The highest BCUT2D eigenvalue weighted by molar-refractivity contribution is 7.17. The van der Waals surface area contributed by atoms with Crippen molar-refractivity contribution in [1.82, 2.24) is 19.5 Å². The van der Waals surface area contributed by atoms with E-state index in [-0.39, 0.29) is 17.7 Å². The summed E-state index contributed by atoms with van der Waals surface area (Å²) < 4.78 is 26.8. The molecule has 0 bridgehead atoms. The average molecular weight is 466 g/mol. The first-order chi connectivity index (χ1) is 16.2. The van der Waals surface area contributed by atoms with Gasteiger partial charge in [0, 0.05) is 26.2 Å². The SMILES string of the molecule is Oc1c(C(c2ccco2)N2CCN(c3ccccc3F)CC2)sc2nc(-c3ccco3)nn12. The topological polar surface area (TPSA) is 83.2 Å². The van der Waals surface area contributed by atoms with Crippen molar-refractivity contribution in [2.45, 2.75) is 6.04 Å². The lowest BCUT2D eigenvalue weighted by Gasteiger charge is -2.39. The van der Waals surface area contributed by atoms with Gasteiger partial charge in [-0.1, -0.05) is 23.5 Å². The van der Waals surface area contributed by atoms with Crippen LogP contribution in [0.1, 0.15) is 16.7 Å². The third-order valence-electron chi connectivity index (χ3n) is 5.87. The van der Waals surface area contributed by atoms with Gasteiger partial charge >= 0.3 is 0 Å².